The Hall–Kier alpha value is -0.0800. The first-order chi connectivity index (χ1) is 7.79. The monoisotopic (exact) mass is 239 g/mol. The Labute approximate surface area is 106 Å². The van der Waals surface area contributed by atoms with Gasteiger partial charge in [0.2, 0.25) is 0 Å². The van der Waals surface area contributed by atoms with E-state index in [-0.39, 0.29) is 5.60 Å². The van der Waals surface area contributed by atoms with Crippen molar-refractivity contribution in [1.82, 2.24) is 0 Å². The van der Waals surface area contributed by atoms with Crippen LogP contribution in [0.4, 0.5) is 0 Å². The minimum Gasteiger partial charge on any atom is -0.370 e. The summed E-state index contributed by atoms with van der Waals surface area (Å²) in [7, 11) is 0. The molecule has 0 heterocycles. The molecule has 0 saturated heterocycles. The van der Waals surface area contributed by atoms with E-state index in [1.54, 1.807) is 0 Å². The SMILES string of the molecule is CCC(C)(CN)OC1CC2CCC1(C)C2(C)C. The summed E-state index contributed by atoms with van der Waals surface area (Å²) >= 11 is 0. The molecule has 2 bridgehead atoms. The van der Waals surface area contributed by atoms with Crippen molar-refractivity contribution in [3.05, 3.63) is 0 Å². The second-order valence-electron chi connectivity index (χ2n) is 7.22. The van der Waals surface area contributed by atoms with E-state index < -0.39 is 0 Å². The van der Waals surface area contributed by atoms with Crippen LogP contribution in [-0.2, 0) is 4.74 Å². The van der Waals surface area contributed by atoms with Gasteiger partial charge in [0, 0.05) is 6.54 Å². The fourth-order valence-corrected chi connectivity index (χ4v) is 3.93. The molecular formula is C15H29NO. The Morgan fingerprint density at radius 2 is 2.00 bits per heavy atom. The van der Waals surface area contributed by atoms with Crippen LogP contribution in [0.15, 0.2) is 0 Å². The summed E-state index contributed by atoms with van der Waals surface area (Å²) in [6.45, 7) is 12.3. The molecule has 2 aliphatic carbocycles. The average Bonchev–Trinajstić information content (AvgIpc) is 2.62. The first-order valence-electron chi connectivity index (χ1n) is 7.17. The van der Waals surface area contributed by atoms with Gasteiger partial charge in [0.05, 0.1) is 11.7 Å². The van der Waals surface area contributed by atoms with Crippen molar-refractivity contribution in [2.75, 3.05) is 6.54 Å². The van der Waals surface area contributed by atoms with Gasteiger partial charge in [-0.25, -0.2) is 0 Å². The molecule has 4 unspecified atom stereocenters. The Balaban J connectivity index is 2.16. The number of hydrogen-bond donors (Lipinski definition) is 1. The topological polar surface area (TPSA) is 35.2 Å². The fraction of sp³-hybridized carbons (Fsp3) is 1.00. The molecule has 2 fully saturated rings. The van der Waals surface area contributed by atoms with Crippen LogP contribution < -0.4 is 5.73 Å². The van der Waals surface area contributed by atoms with Gasteiger partial charge in [-0.1, -0.05) is 27.7 Å². The van der Waals surface area contributed by atoms with E-state index in [0.29, 0.717) is 23.5 Å². The first kappa shape index (κ1) is 13.4. The number of nitrogens with two attached hydrogens (primary N) is 1. The number of fused-ring (bicyclic) bond motifs is 2. The molecule has 0 aromatic rings. The molecule has 0 aliphatic heterocycles. The summed E-state index contributed by atoms with van der Waals surface area (Å²) in [5.74, 6) is 0.844. The smallest absolute Gasteiger partial charge is 0.0777 e. The third-order valence-electron chi connectivity index (χ3n) is 6.32. The molecule has 0 spiro atoms. The minimum atomic E-state index is -0.131. The maximum atomic E-state index is 6.44. The zero-order chi connectivity index (χ0) is 12.9. The minimum absolute atomic E-state index is 0.131. The van der Waals surface area contributed by atoms with Crippen molar-refractivity contribution >= 4 is 0 Å². The lowest BCUT2D eigenvalue weighted by Gasteiger charge is -2.43. The Morgan fingerprint density at radius 1 is 1.35 bits per heavy atom. The summed E-state index contributed by atoms with van der Waals surface area (Å²) in [4.78, 5) is 0. The van der Waals surface area contributed by atoms with Gasteiger partial charge >= 0.3 is 0 Å². The van der Waals surface area contributed by atoms with Gasteiger partial charge < -0.3 is 10.5 Å². The van der Waals surface area contributed by atoms with Gasteiger partial charge in [-0.3, -0.25) is 0 Å². The lowest BCUT2D eigenvalue weighted by molar-refractivity contribution is -0.133. The normalized spacial score (nSPS) is 42.7. The average molecular weight is 239 g/mol. The summed E-state index contributed by atoms with van der Waals surface area (Å²) in [6.07, 6.45) is 5.35. The summed E-state index contributed by atoms with van der Waals surface area (Å²) in [6, 6.07) is 0. The van der Waals surface area contributed by atoms with E-state index in [1.807, 2.05) is 0 Å². The molecule has 0 amide bonds. The molecule has 100 valence electrons. The highest BCUT2D eigenvalue weighted by molar-refractivity contribution is 5.11. The summed E-state index contributed by atoms with van der Waals surface area (Å²) in [5, 5.41) is 0. The predicted octanol–water partition coefficient (Wildman–Crippen LogP) is 3.35. The molecule has 0 aromatic heterocycles. The van der Waals surface area contributed by atoms with Crippen LogP contribution >= 0.6 is 0 Å². The molecule has 2 N–H and O–H groups in total. The molecule has 4 atom stereocenters. The van der Waals surface area contributed by atoms with E-state index in [1.165, 1.54) is 19.3 Å². The van der Waals surface area contributed by atoms with E-state index in [9.17, 15) is 0 Å². The highest BCUT2D eigenvalue weighted by Crippen LogP contribution is 2.66. The maximum Gasteiger partial charge on any atom is 0.0777 e. The van der Waals surface area contributed by atoms with Crippen LogP contribution in [0, 0.1) is 16.7 Å². The van der Waals surface area contributed by atoms with Crippen molar-refractivity contribution in [2.24, 2.45) is 22.5 Å². The first-order valence-corrected chi connectivity index (χ1v) is 7.17. The van der Waals surface area contributed by atoms with Crippen LogP contribution in [0.1, 0.15) is 60.3 Å². The third kappa shape index (κ3) is 1.76. The molecule has 2 heteroatoms. The van der Waals surface area contributed by atoms with Gasteiger partial charge in [0.1, 0.15) is 0 Å². The van der Waals surface area contributed by atoms with Crippen molar-refractivity contribution in [2.45, 2.75) is 72.0 Å². The molecule has 17 heavy (non-hydrogen) atoms. The van der Waals surface area contributed by atoms with Gasteiger partial charge in [0.25, 0.3) is 0 Å². The van der Waals surface area contributed by atoms with Crippen LogP contribution in [-0.4, -0.2) is 18.2 Å². The van der Waals surface area contributed by atoms with E-state index >= 15 is 0 Å². The lowest BCUT2D eigenvalue weighted by Crippen LogP contribution is -2.46. The van der Waals surface area contributed by atoms with Crippen LogP contribution in [0.2, 0.25) is 0 Å². The molecule has 2 rings (SSSR count). The largest absolute Gasteiger partial charge is 0.370 e. The molecule has 2 saturated carbocycles. The van der Waals surface area contributed by atoms with E-state index in [4.69, 9.17) is 10.5 Å². The predicted molar refractivity (Wildman–Crippen MR) is 71.9 cm³/mol. The molecule has 2 aliphatic rings. The van der Waals surface area contributed by atoms with E-state index in [0.717, 1.165) is 12.3 Å². The quantitative estimate of drug-likeness (QED) is 0.816. The zero-order valence-corrected chi connectivity index (χ0v) is 12.2. The van der Waals surface area contributed by atoms with Gasteiger partial charge in [-0.15, -0.1) is 0 Å². The van der Waals surface area contributed by atoms with Crippen molar-refractivity contribution in [3.63, 3.8) is 0 Å². The van der Waals surface area contributed by atoms with E-state index in [2.05, 4.69) is 34.6 Å². The second-order valence-corrected chi connectivity index (χ2v) is 7.22. The van der Waals surface area contributed by atoms with Crippen molar-refractivity contribution in [1.29, 1.82) is 0 Å². The third-order valence-corrected chi connectivity index (χ3v) is 6.32. The standard InChI is InChI=1S/C15H29NO/c1-6-14(4,10-16)17-12-9-11-7-8-15(12,5)13(11,2)3/h11-12H,6-10,16H2,1-5H3. The Bertz CT molecular complexity index is 295. The van der Waals surface area contributed by atoms with Crippen LogP contribution in [0.3, 0.4) is 0 Å². The number of ether oxygens (including phenoxy) is 1. The summed E-state index contributed by atoms with van der Waals surface area (Å²) < 4.78 is 6.44. The highest BCUT2D eigenvalue weighted by atomic mass is 16.5. The van der Waals surface area contributed by atoms with Crippen LogP contribution in [0.25, 0.3) is 0 Å². The molecule has 0 aromatic carbocycles. The molecule has 2 nitrogen and oxygen atoms in total. The number of hydrogen-bond acceptors (Lipinski definition) is 2. The maximum absolute atomic E-state index is 6.44. The second kappa shape index (κ2) is 3.96. The summed E-state index contributed by atoms with van der Waals surface area (Å²) in [5.41, 5.74) is 6.53. The molecule has 0 radical (unpaired) electrons. The van der Waals surface area contributed by atoms with Gasteiger partial charge in [-0.05, 0) is 49.4 Å². The number of rotatable bonds is 4. The highest BCUT2D eigenvalue weighted by Gasteiger charge is 2.62. The Morgan fingerprint density at radius 3 is 2.35 bits per heavy atom. The lowest BCUT2D eigenvalue weighted by atomic mass is 9.70. The van der Waals surface area contributed by atoms with Crippen LogP contribution in [0.5, 0.6) is 0 Å². The zero-order valence-electron chi connectivity index (χ0n) is 12.2. The van der Waals surface area contributed by atoms with Crippen molar-refractivity contribution < 1.29 is 4.74 Å². The van der Waals surface area contributed by atoms with Crippen molar-refractivity contribution in [3.8, 4) is 0 Å². The van der Waals surface area contributed by atoms with Gasteiger partial charge in [0.15, 0.2) is 0 Å². The van der Waals surface area contributed by atoms with Gasteiger partial charge in [-0.2, -0.15) is 0 Å². The molecular weight excluding hydrogens is 210 g/mol. The fourth-order valence-electron chi connectivity index (χ4n) is 3.93. The Kier molecular flexibility index (Phi) is 3.11.